The summed E-state index contributed by atoms with van der Waals surface area (Å²) in [5, 5.41) is 0. The lowest BCUT2D eigenvalue weighted by molar-refractivity contribution is 0.0696. The van der Waals surface area contributed by atoms with Crippen molar-refractivity contribution < 1.29 is 18.3 Å². The minimum atomic E-state index is -0.761. The summed E-state index contributed by atoms with van der Waals surface area (Å²) in [5.41, 5.74) is 1.04. The van der Waals surface area contributed by atoms with Gasteiger partial charge in [-0.15, -0.1) is 0 Å². The summed E-state index contributed by atoms with van der Waals surface area (Å²) in [6.45, 7) is 3.59. The van der Waals surface area contributed by atoms with Crippen molar-refractivity contribution in [3.63, 3.8) is 0 Å². The van der Waals surface area contributed by atoms with Crippen LogP contribution in [-0.2, 0) is 6.61 Å². The van der Waals surface area contributed by atoms with E-state index in [2.05, 4.69) is 11.9 Å². The molecule has 1 aliphatic heterocycles. The monoisotopic (exact) mass is 346 g/mol. The molecule has 25 heavy (non-hydrogen) atoms. The molecule has 0 atom stereocenters. The zero-order valence-corrected chi connectivity index (χ0v) is 14.0. The van der Waals surface area contributed by atoms with E-state index in [0.29, 0.717) is 17.0 Å². The smallest absolute Gasteiger partial charge is 0.255 e. The molecule has 1 aromatic carbocycles. The van der Waals surface area contributed by atoms with Crippen LogP contribution in [0.4, 0.5) is 8.78 Å². The van der Waals surface area contributed by atoms with Crippen molar-refractivity contribution in [2.75, 3.05) is 13.1 Å². The number of likely N-dealkylation sites (tertiary alicyclic amines) is 1. The van der Waals surface area contributed by atoms with Gasteiger partial charge in [-0.05, 0) is 37.0 Å². The van der Waals surface area contributed by atoms with Gasteiger partial charge in [0.05, 0.1) is 5.56 Å². The topological polar surface area (TPSA) is 42.4 Å². The van der Waals surface area contributed by atoms with E-state index in [0.717, 1.165) is 38.1 Å². The Bertz CT molecular complexity index is 739. The van der Waals surface area contributed by atoms with E-state index in [4.69, 9.17) is 4.74 Å². The minimum absolute atomic E-state index is 0.0665. The number of rotatable bonds is 4. The van der Waals surface area contributed by atoms with Gasteiger partial charge in [0.1, 0.15) is 6.61 Å². The molecule has 0 N–H and O–H groups in total. The molecule has 1 fully saturated rings. The molecule has 0 spiro atoms. The lowest BCUT2D eigenvalue weighted by atomic mass is 9.99. The van der Waals surface area contributed by atoms with Crippen LogP contribution in [0.3, 0.4) is 0 Å². The number of amides is 1. The Kier molecular flexibility index (Phi) is 5.26. The van der Waals surface area contributed by atoms with E-state index in [9.17, 15) is 13.6 Å². The maximum atomic E-state index is 13.6. The zero-order valence-electron chi connectivity index (χ0n) is 14.0. The first kappa shape index (κ1) is 17.3. The molecule has 1 amide bonds. The van der Waals surface area contributed by atoms with Crippen LogP contribution in [-0.4, -0.2) is 28.9 Å². The molecule has 6 heteroatoms. The average Bonchev–Trinajstić information content (AvgIpc) is 2.62. The zero-order chi connectivity index (χ0) is 17.8. The Hall–Kier alpha value is -2.50. The van der Waals surface area contributed by atoms with Gasteiger partial charge < -0.3 is 9.64 Å². The molecule has 4 nitrogen and oxygen atoms in total. The van der Waals surface area contributed by atoms with E-state index in [1.807, 2.05) is 4.90 Å². The molecule has 1 aliphatic rings. The van der Waals surface area contributed by atoms with Crippen molar-refractivity contribution >= 4 is 5.91 Å². The second-order valence-corrected chi connectivity index (χ2v) is 6.40. The first-order valence-electron chi connectivity index (χ1n) is 8.34. The van der Waals surface area contributed by atoms with Gasteiger partial charge in [0.15, 0.2) is 17.4 Å². The van der Waals surface area contributed by atoms with Gasteiger partial charge >= 0.3 is 0 Å². The molecule has 1 aromatic heterocycles. The largest absolute Gasteiger partial charge is 0.483 e. The number of hydrogen-bond donors (Lipinski definition) is 0. The highest BCUT2D eigenvalue weighted by molar-refractivity contribution is 5.94. The number of ether oxygens (including phenoxy) is 1. The highest BCUT2D eigenvalue weighted by Crippen LogP contribution is 2.22. The van der Waals surface area contributed by atoms with Gasteiger partial charge in [0.25, 0.3) is 5.91 Å². The number of piperidine rings is 1. The molecule has 0 radical (unpaired) electrons. The number of halogens is 2. The summed E-state index contributed by atoms with van der Waals surface area (Å²) in [6.07, 6.45) is 5.02. The highest BCUT2D eigenvalue weighted by atomic mass is 19.1. The summed E-state index contributed by atoms with van der Waals surface area (Å²) in [6, 6.07) is 5.20. The molecule has 1 saturated heterocycles. The number of carbonyl (C=O) groups is 1. The molecule has 132 valence electrons. The predicted molar refractivity (Wildman–Crippen MR) is 89.2 cm³/mol. The van der Waals surface area contributed by atoms with Gasteiger partial charge in [0.2, 0.25) is 0 Å². The Morgan fingerprint density at radius 3 is 2.60 bits per heavy atom. The van der Waals surface area contributed by atoms with E-state index < -0.39 is 17.4 Å². The van der Waals surface area contributed by atoms with Gasteiger partial charge in [-0.25, -0.2) is 8.78 Å². The summed E-state index contributed by atoms with van der Waals surface area (Å²) in [4.78, 5) is 18.4. The fourth-order valence-electron chi connectivity index (χ4n) is 2.85. The van der Waals surface area contributed by atoms with Crippen molar-refractivity contribution in [1.29, 1.82) is 0 Å². The third kappa shape index (κ3) is 4.13. The van der Waals surface area contributed by atoms with Crippen LogP contribution in [0.1, 0.15) is 35.7 Å². The number of aromatic nitrogens is 1. The number of pyridine rings is 1. The predicted octanol–water partition coefficient (Wildman–Crippen LogP) is 3.81. The molecule has 3 rings (SSSR count). The van der Waals surface area contributed by atoms with Crippen molar-refractivity contribution in [2.45, 2.75) is 26.4 Å². The Morgan fingerprint density at radius 2 is 1.92 bits per heavy atom. The van der Waals surface area contributed by atoms with Gasteiger partial charge in [-0.1, -0.05) is 13.0 Å². The maximum Gasteiger partial charge on any atom is 0.255 e. The van der Waals surface area contributed by atoms with Gasteiger partial charge in [-0.3, -0.25) is 9.78 Å². The lowest BCUT2D eigenvalue weighted by Gasteiger charge is -2.30. The third-order valence-corrected chi connectivity index (χ3v) is 4.41. The second kappa shape index (κ2) is 7.59. The van der Waals surface area contributed by atoms with E-state index in [-0.39, 0.29) is 12.5 Å². The molecule has 0 unspecified atom stereocenters. The van der Waals surface area contributed by atoms with Crippen LogP contribution < -0.4 is 4.74 Å². The first-order chi connectivity index (χ1) is 12.0. The Morgan fingerprint density at radius 1 is 1.24 bits per heavy atom. The molecule has 0 bridgehead atoms. The SMILES string of the molecule is CC1CCN(C(=O)c2cncc(COc3c(F)cccc3F)c2)CC1. The minimum Gasteiger partial charge on any atom is -0.483 e. The second-order valence-electron chi connectivity index (χ2n) is 6.40. The Labute approximate surface area is 145 Å². The normalized spacial score (nSPS) is 15.2. The fourth-order valence-corrected chi connectivity index (χ4v) is 2.85. The van der Waals surface area contributed by atoms with Crippen LogP contribution in [0.5, 0.6) is 5.75 Å². The fraction of sp³-hybridized carbons (Fsp3) is 0.368. The quantitative estimate of drug-likeness (QED) is 0.845. The van der Waals surface area contributed by atoms with Crippen molar-refractivity contribution in [3.05, 3.63) is 59.4 Å². The number of hydrogen-bond acceptors (Lipinski definition) is 3. The van der Waals surface area contributed by atoms with Gasteiger partial charge in [-0.2, -0.15) is 0 Å². The summed E-state index contributed by atoms with van der Waals surface area (Å²) >= 11 is 0. The molecular formula is C19H20F2N2O2. The number of para-hydroxylation sites is 1. The van der Waals surface area contributed by atoms with Crippen molar-refractivity contribution in [1.82, 2.24) is 9.88 Å². The van der Waals surface area contributed by atoms with E-state index in [1.165, 1.54) is 18.5 Å². The van der Waals surface area contributed by atoms with Crippen LogP contribution in [0.2, 0.25) is 0 Å². The van der Waals surface area contributed by atoms with Gasteiger partial charge in [0, 0.05) is 31.0 Å². The summed E-state index contributed by atoms with van der Waals surface area (Å²) in [7, 11) is 0. The average molecular weight is 346 g/mol. The molecule has 0 saturated carbocycles. The Balaban J connectivity index is 1.68. The van der Waals surface area contributed by atoms with Crippen LogP contribution in [0.15, 0.2) is 36.7 Å². The van der Waals surface area contributed by atoms with Crippen molar-refractivity contribution in [2.24, 2.45) is 5.92 Å². The van der Waals surface area contributed by atoms with E-state index >= 15 is 0 Å². The molecule has 2 aromatic rings. The first-order valence-corrected chi connectivity index (χ1v) is 8.34. The summed E-state index contributed by atoms with van der Waals surface area (Å²) in [5.74, 6) is -1.38. The van der Waals surface area contributed by atoms with Crippen molar-refractivity contribution in [3.8, 4) is 5.75 Å². The van der Waals surface area contributed by atoms with E-state index in [1.54, 1.807) is 6.07 Å². The number of carbonyl (C=O) groups excluding carboxylic acids is 1. The molecule has 2 heterocycles. The van der Waals surface area contributed by atoms with Crippen LogP contribution in [0, 0.1) is 17.6 Å². The van der Waals surface area contributed by atoms with Crippen LogP contribution >= 0.6 is 0 Å². The summed E-state index contributed by atoms with van der Waals surface area (Å²) < 4.78 is 32.4. The third-order valence-electron chi connectivity index (χ3n) is 4.41. The molecular weight excluding hydrogens is 326 g/mol. The number of benzene rings is 1. The number of nitrogens with zero attached hydrogens (tertiary/aromatic N) is 2. The molecule has 0 aliphatic carbocycles. The van der Waals surface area contributed by atoms with Crippen LogP contribution in [0.25, 0.3) is 0 Å². The highest BCUT2D eigenvalue weighted by Gasteiger charge is 2.22. The maximum absolute atomic E-state index is 13.6. The lowest BCUT2D eigenvalue weighted by Crippen LogP contribution is -2.38. The standard InChI is InChI=1S/C19H20F2N2O2/c1-13-5-7-23(8-6-13)19(24)15-9-14(10-22-11-15)12-25-18-16(20)3-2-4-17(18)21/h2-4,9-11,13H,5-8,12H2,1H3.